The molecule has 0 bridgehead atoms. The van der Waals surface area contributed by atoms with E-state index >= 15 is 0 Å². The molecule has 2 aromatic rings. The van der Waals surface area contributed by atoms with Crippen LogP contribution in [-0.2, 0) is 7.05 Å². The van der Waals surface area contributed by atoms with Gasteiger partial charge in [-0.3, -0.25) is 9.48 Å². The molecule has 0 radical (unpaired) electrons. The zero-order valence-electron chi connectivity index (χ0n) is 9.44. The van der Waals surface area contributed by atoms with E-state index in [1.54, 1.807) is 30.2 Å². The van der Waals surface area contributed by atoms with Gasteiger partial charge in [-0.1, -0.05) is 0 Å². The summed E-state index contributed by atoms with van der Waals surface area (Å²) < 4.78 is 2.46. The molecule has 88 valence electrons. The molecule has 17 heavy (non-hydrogen) atoms. The number of amides is 1. The Bertz CT molecular complexity index is 564. The van der Waals surface area contributed by atoms with Gasteiger partial charge in [0.25, 0.3) is 5.91 Å². The molecule has 0 atom stereocenters. The maximum absolute atomic E-state index is 11.8. The Balaban J connectivity index is 2.18. The number of carbonyl (C=O) groups excluding carboxylic acids is 1. The first-order valence-corrected chi connectivity index (χ1v) is 5.78. The van der Waals surface area contributed by atoms with E-state index in [0.29, 0.717) is 11.5 Å². The van der Waals surface area contributed by atoms with E-state index in [1.807, 2.05) is 13.0 Å². The third kappa shape index (κ3) is 2.71. The highest BCUT2D eigenvalue weighted by molar-refractivity contribution is 9.10. The van der Waals surface area contributed by atoms with Gasteiger partial charge >= 0.3 is 0 Å². The summed E-state index contributed by atoms with van der Waals surface area (Å²) in [6, 6.07) is 3.55. The average Bonchev–Trinajstić information content (AvgIpc) is 2.69. The van der Waals surface area contributed by atoms with Crippen molar-refractivity contribution in [2.45, 2.75) is 6.92 Å². The zero-order chi connectivity index (χ0) is 12.4. The van der Waals surface area contributed by atoms with Crippen LogP contribution in [0.5, 0.6) is 0 Å². The van der Waals surface area contributed by atoms with E-state index in [0.717, 1.165) is 10.0 Å². The Labute approximate surface area is 107 Å². The van der Waals surface area contributed by atoms with Gasteiger partial charge in [0.05, 0.1) is 0 Å². The summed E-state index contributed by atoms with van der Waals surface area (Å²) in [4.78, 5) is 16.0. The number of nitrogens with zero attached hydrogens (tertiary/aromatic N) is 3. The van der Waals surface area contributed by atoms with Gasteiger partial charge in [-0.05, 0) is 40.5 Å². The van der Waals surface area contributed by atoms with Crippen LogP contribution in [0.15, 0.2) is 29.0 Å². The maximum atomic E-state index is 11.8. The highest BCUT2D eigenvalue weighted by Crippen LogP contribution is 2.17. The SMILES string of the molecule is Cc1cc(Br)cnc1NC(=O)c1ccn(C)n1. The van der Waals surface area contributed by atoms with E-state index in [9.17, 15) is 4.79 Å². The van der Waals surface area contributed by atoms with Gasteiger partial charge < -0.3 is 5.32 Å². The van der Waals surface area contributed by atoms with Gasteiger partial charge in [0.2, 0.25) is 0 Å². The predicted octanol–water partition coefficient (Wildman–Crippen LogP) is 2.14. The van der Waals surface area contributed by atoms with Gasteiger partial charge in [-0.2, -0.15) is 5.10 Å². The summed E-state index contributed by atoms with van der Waals surface area (Å²) in [7, 11) is 1.76. The number of hydrogen-bond acceptors (Lipinski definition) is 3. The number of aromatic nitrogens is 3. The lowest BCUT2D eigenvalue weighted by Gasteiger charge is -2.05. The normalized spacial score (nSPS) is 10.3. The summed E-state index contributed by atoms with van der Waals surface area (Å²) in [5.41, 5.74) is 1.26. The molecule has 0 aliphatic rings. The molecule has 2 aromatic heterocycles. The van der Waals surface area contributed by atoms with Crippen LogP contribution in [0.4, 0.5) is 5.82 Å². The fourth-order valence-corrected chi connectivity index (χ4v) is 1.82. The topological polar surface area (TPSA) is 59.8 Å². The van der Waals surface area contributed by atoms with Gasteiger partial charge in [0.15, 0.2) is 5.69 Å². The first-order chi connectivity index (χ1) is 8.06. The molecule has 1 amide bonds. The summed E-state index contributed by atoms with van der Waals surface area (Å²) in [6.07, 6.45) is 3.36. The summed E-state index contributed by atoms with van der Waals surface area (Å²) in [5, 5.41) is 6.74. The second-order valence-electron chi connectivity index (χ2n) is 3.65. The van der Waals surface area contributed by atoms with Crippen molar-refractivity contribution in [3.8, 4) is 0 Å². The van der Waals surface area contributed by atoms with Crippen molar-refractivity contribution in [3.63, 3.8) is 0 Å². The van der Waals surface area contributed by atoms with E-state index in [1.165, 1.54) is 0 Å². The Morgan fingerprint density at radius 2 is 2.29 bits per heavy atom. The standard InChI is InChI=1S/C11H11BrN4O/c1-7-5-8(12)6-13-10(7)14-11(17)9-3-4-16(2)15-9/h3-6H,1-2H3,(H,13,14,17). The van der Waals surface area contributed by atoms with Crippen LogP contribution in [0.1, 0.15) is 16.1 Å². The Hall–Kier alpha value is -1.69. The van der Waals surface area contributed by atoms with E-state index in [2.05, 4.69) is 31.3 Å². The second-order valence-corrected chi connectivity index (χ2v) is 4.56. The molecule has 0 spiro atoms. The van der Waals surface area contributed by atoms with Crippen LogP contribution in [0.2, 0.25) is 0 Å². The molecule has 0 unspecified atom stereocenters. The lowest BCUT2D eigenvalue weighted by Crippen LogP contribution is -2.14. The van der Waals surface area contributed by atoms with Gasteiger partial charge in [-0.25, -0.2) is 4.98 Å². The Morgan fingerprint density at radius 1 is 1.53 bits per heavy atom. The highest BCUT2D eigenvalue weighted by atomic mass is 79.9. The number of carbonyl (C=O) groups is 1. The van der Waals surface area contributed by atoms with E-state index in [-0.39, 0.29) is 5.91 Å². The van der Waals surface area contributed by atoms with E-state index < -0.39 is 0 Å². The molecule has 0 aromatic carbocycles. The van der Waals surface area contributed by atoms with Crippen molar-refractivity contribution in [2.75, 3.05) is 5.32 Å². The van der Waals surface area contributed by atoms with E-state index in [4.69, 9.17) is 0 Å². The summed E-state index contributed by atoms with van der Waals surface area (Å²) >= 11 is 3.32. The van der Waals surface area contributed by atoms with Gasteiger partial charge in [0, 0.05) is 23.9 Å². The predicted molar refractivity (Wildman–Crippen MR) is 67.8 cm³/mol. The van der Waals surface area contributed by atoms with Crippen LogP contribution in [0.3, 0.4) is 0 Å². The summed E-state index contributed by atoms with van der Waals surface area (Å²) in [6.45, 7) is 1.88. The number of pyridine rings is 1. The van der Waals surface area contributed by atoms with Gasteiger partial charge in [-0.15, -0.1) is 0 Å². The van der Waals surface area contributed by atoms with Crippen LogP contribution < -0.4 is 5.32 Å². The lowest BCUT2D eigenvalue weighted by atomic mass is 10.3. The number of aryl methyl sites for hydroxylation is 2. The first-order valence-electron chi connectivity index (χ1n) is 4.99. The minimum Gasteiger partial charge on any atom is -0.305 e. The number of halogens is 1. The first kappa shape index (κ1) is 11.8. The molecular weight excluding hydrogens is 284 g/mol. The molecule has 5 nitrogen and oxygen atoms in total. The second kappa shape index (κ2) is 4.67. The minimum atomic E-state index is -0.261. The fourth-order valence-electron chi connectivity index (χ4n) is 1.38. The van der Waals surface area contributed by atoms with Crippen LogP contribution in [-0.4, -0.2) is 20.7 Å². The van der Waals surface area contributed by atoms with Crippen LogP contribution >= 0.6 is 15.9 Å². The van der Waals surface area contributed by atoms with Crippen LogP contribution in [0.25, 0.3) is 0 Å². The molecule has 1 N–H and O–H groups in total. The number of hydrogen-bond donors (Lipinski definition) is 1. The zero-order valence-corrected chi connectivity index (χ0v) is 11.0. The number of rotatable bonds is 2. The van der Waals surface area contributed by atoms with Crippen molar-refractivity contribution >= 4 is 27.7 Å². The van der Waals surface area contributed by atoms with Crippen molar-refractivity contribution in [3.05, 3.63) is 40.3 Å². The van der Waals surface area contributed by atoms with Crippen molar-refractivity contribution in [1.82, 2.24) is 14.8 Å². The third-order valence-corrected chi connectivity index (χ3v) is 2.66. The largest absolute Gasteiger partial charge is 0.305 e. The van der Waals surface area contributed by atoms with Crippen molar-refractivity contribution in [1.29, 1.82) is 0 Å². The molecule has 2 rings (SSSR count). The number of nitrogens with one attached hydrogen (secondary N) is 1. The molecule has 0 fully saturated rings. The fraction of sp³-hybridized carbons (Fsp3) is 0.182. The third-order valence-electron chi connectivity index (χ3n) is 2.22. The Morgan fingerprint density at radius 3 is 2.88 bits per heavy atom. The molecule has 0 aliphatic heterocycles. The Kier molecular flexibility index (Phi) is 3.23. The molecule has 0 saturated heterocycles. The number of anilines is 1. The van der Waals surface area contributed by atoms with Crippen molar-refractivity contribution in [2.24, 2.45) is 7.05 Å². The van der Waals surface area contributed by atoms with Crippen LogP contribution in [0, 0.1) is 6.92 Å². The maximum Gasteiger partial charge on any atom is 0.277 e. The smallest absolute Gasteiger partial charge is 0.277 e. The molecule has 6 heteroatoms. The quantitative estimate of drug-likeness (QED) is 0.923. The average molecular weight is 295 g/mol. The molecule has 2 heterocycles. The monoisotopic (exact) mass is 294 g/mol. The van der Waals surface area contributed by atoms with Gasteiger partial charge in [0.1, 0.15) is 5.82 Å². The minimum absolute atomic E-state index is 0.261. The molecule has 0 saturated carbocycles. The molecular formula is C11H11BrN4O. The lowest BCUT2D eigenvalue weighted by molar-refractivity contribution is 0.102. The highest BCUT2D eigenvalue weighted by Gasteiger charge is 2.11. The van der Waals surface area contributed by atoms with Crippen molar-refractivity contribution < 1.29 is 4.79 Å². The summed E-state index contributed by atoms with van der Waals surface area (Å²) in [5.74, 6) is 0.285. The molecule has 0 aliphatic carbocycles.